The lowest BCUT2D eigenvalue weighted by molar-refractivity contribution is -0.924. The zero-order valence-electron chi connectivity index (χ0n) is 68.5. The lowest BCUT2D eigenvalue weighted by Gasteiger charge is -2.31. The molecule has 0 saturated heterocycles. The summed E-state index contributed by atoms with van der Waals surface area (Å²) < 4.78 is 59.6. The Morgan fingerprint density at radius 1 is 0.215 bits per heavy atom. The molecule has 18 heteroatoms. The largest absolute Gasteiger partial charge is 0.467 e. The number of aromatic nitrogens is 13. The summed E-state index contributed by atoms with van der Waals surface area (Å²) in [7, 11) is 2.12. The Labute approximate surface area is 732 Å². The molecule has 15 aromatic carbocycles. The number of rotatable bonds is 0. The molecule has 0 N–H and O–H groups in total. The fourth-order valence-electron chi connectivity index (χ4n) is 28.0. The van der Waals surface area contributed by atoms with Crippen LogP contribution in [0.2, 0.25) is 0 Å². The third kappa shape index (κ3) is 6.10. The van der Waals surface area contributed by atoms with Crippen molar-refractivity contribution in [1.29, 1.82) is 0 Å². The highest BCUT2D eigenvalue weighted by molar-refractivity contribution is 7.09. The van der Waals surface area contributed by atoms with Gasteiger partial charge in [-0.3, -0.25) is 0 Å². The molecule has 0 bridgehead atoms. The zero-order chi connectivity index (χ0) is 82.9. The number of aryl methyl sites for hydroxylation is 1. The molecule has 0 aliphatic carbocycles. The Hall–Kier alpha value is -17.2. The van der Waals surface area contributed by atoms with Crippen LogP contribution in [-0.2, 0) is 24.0 Å². The van der Waals surface area contributed by atoms with Crippen molar-refractivity contribution in [3.05, 3.63) is 360 Å². The van der Waals surface area contributed by atoms with Crippen LogP contribution in [0, 0.1) is 0 Å². The fourth-order valence-corrected chi connectivity index (χ4v) is 28.8. The second-order valence-corrected chi connectivity index (χ2v) is 37.7. The lowest BCUT2D eigenvalue weighted by Crippen LogP contribution is -2.71. The van der Waals surface area contributed by atoms with Crippen molar-refractivity contribution in [1.82, 2.24) is 31.0 Å². The van der Waals surface area contributed by atoms with Gasteiger partial charge in [0.1, 0.15) is 97.0 Å². The average molecular weight is 1680 g/mol. The van der Waals surface area contributed by atoms with Gasteiger partial charge in [-0.2, -0.15) is 53.8 Å². The molecule has 3 spiro atoms. The Balaban J connectivity index is 0.0000000837. The highest BCUT2D eigenvalue weighted by Crippen LogP contribution is 2.64. The van der Waals surface area contributed by atoms with Crippen molar-refractivity contribution < 1.29 is 46.0 Å². The Kier molecular flexibility index (Phi) is 9.88. The van der Waals surface area contributed by atoms with Gasteiger partial charge in [0.25, 0.3) is 0 Å². The molecule has 9 aliphatic rings. The maximum Gasteiger partial charge on any atom is 0.316 e. The molecule has 17 nitrogen and oxygen atoms in total. The molecule has 39 rings (SSSR count). The first-order valence-corrected chi connectivity index (χ1v) is 45.5. The van der Waals surface area contributed by atoms with E-state index in [1.165, 1.54) is 247 Å². The molecule has 0 saturated carbocycles. The summed E-state index contributed by atoms with van der Waals surface area (Å²) >= 11 is 1.78. The predicted molar refractivity (Wildman–Crippen MR) is 505 cm³/mol. The van der Waals surface area contributed by atoms with Gasteiger partial charge in [-0.1, -0.05) is 127 Å². The SMILES string of the molecule is Cn1cc2c3ccc4c5c3c3n(c2c1)c1ccccc1[n+]3C51c2c(ccc3c5ccccc5n5c6ccccc6[n+]1c5c23)O4.c1ccc2c(c1)c1ccc3c4c1c1n2c2ccccc2[n+]1C41c2c(ccc4c5cocc5n5c6ccccc6[n+]1c5c24)O3.c1ccc2c(c1)c1ccc3c4c1c1n2c2ccccc2[n+]1C41c2c(ccc4c5cscc5n5c6ccccc6[n+]1c5c24)O3. The summed E-state index contributed by atoms with van der Waals surface area (Å²) in [5, 5.41) is 27.1. The van der Waals surface area contributed by atoms with Crippen LogP contribution in [0.4, 0.5) is 0 Å². The van der Waals surface area contributed by atoms with E-state index in [-0.39, 0.29) is 0 Å². The van der Waals surface area contributed by atoms with Crippen molar-refractivity contribution >= 4 is 241 Å². The Bertz CT molecular complexity index is 10800. The minimum absolute atomic E-state index is 0.644. The van der Waals surface area contributed by atoms with Gasteiger partial charge in [0.2, 0.25) is 0 Å². The van der Waals surface area contributed by atoms with E-state index in [2.05, 4.69) is 380 Å². The van der Waals surface area contributed by atoms with E-state index in [1.54, 1.807) is 11.3 Å². The van der Waals surface area contributed by atoms with Crippen LogP contribution in [0.25, 0.3) is 230 Å². The molecule has 594 valence electrons. The molecule has 24 heterocycles. The molecular formula is C112H57N13O4S+6. The quantitative estimate of drug-likeness (QED) is 0.112. The van der Waals surface area contributed by atoms with E-state index in [0.29, 0.717) is 0 Å². The number of furan rings is 1. The smallest absolute Gasteiger partial charge is 0.316 e. The number of para-hydroxylation sites is 15. The van der Waals surface area contributed by atoms with Crippen LogP contribution < -0.4 is 41.6 Å². The minimum Gasteiger partial charge on any atom is -0.467 e. The molecule has 130 heavy (non-hydrogen) atoms. The number of imidazole rings is 6. The van der Waals surface area contributed by atoms with E-state index in [0.717, 1.165) is 50.9 Å². The van der Waals surface area contributed by atoms with E-state index in [4.69, 9.17) is 18.6 Å². The molecule has 3 unspecified atom stereocenters. The van der Waals surface area contributed by atoms with Crippen LogP contribution in [-0.4, -0.2) is 31.0 Å². The van der Waals surface area contributed by atoms with Crippen LogP contribution in [0.15, 0.2) is 331 Å². The number of benzene rings is 15. The van der Waals surface area contributed by atoms with Crippen LogP contribution >= 0.6 is 11.3 Å². The van der Waals surface area contributed by atoms with Crippen LogP contribution in [0.3, 0.4) is 0 Å². The van der Waals surface area contributed by atoms with Gasteiger partial charge in [0, 0.05) is 83.3 Å². The summed E-state index contributed by atoms with van der Waals surface area (Å²) in [5.74, 6) is 5.57. The van der Waals surface area contributed by atoms with Crippen molar-refractivity contribution in [3.8, 4) is 34.5 Å². The first kappa shape index (κ1) is 63.7. The van der Waals surface area contributed by atoms with Crippen LogP contribution in [0.1, 0.15) is 33.4 Å². The summed E-state index contributed by atoms with van der Waals surface area (Å²) in [4.78, 5) is 0. The number of ether oxygens (including phenoxy) is 3. The molecule has 15 aromatic heterocycles. The Morgan fingerprint density at radius 3 is 0.808 bits per heavy atom. The number of nitrogens with zero attached hydrogens (tertiary/aromatic N) is 13. The third-order valence-electron chi connectivity index (χ3n) is 31.9. The molecule has 0 amide bonds. The second kappa shape index (κ2) is 20.2. The highest BCUT2D eigenvalue weighted by atomic mass is 32.1. The second-order valence-electron chi connectivity index (χ2n) is 37.0. The maximum absolute atomic E-state index is 6.95. The van der Waals surface area contributed by atoms with Gasteiger partial charge in [-0.25, -0.2) is 0 Å². The average Bonchev–Trinajstić information content (AvgIpc) is 1.46. The molecule has 0 fully saturated rings. The minimum atomic E-state index is -0.678. The van der Waals surface area contributed by atoms with Gasteiger partial charge in [-0.05, 0) is 164 Å². The zero-order valence-corrected chi connectivity index (χ0v) is 69.3. The predicted octanol–water partition coefficient (Wildman–Crippen LogP) is 22.1. The van der Waals surface area contributed by atoms with E-state index < -0.39 is 17.0 Å². The number of hydrogen-bond donors (Lipinski definition) is 0. The van der Waals surface area contributed by atoms with Crippen molar-refractivity contribution in [3.63, 3.8) is 0 Å². The van der Waals surface area contributed by atoms with Gasteiger partial charge in [0.15, 0.2) is 82.8 Å². The first-order valence-electron chi connectivity index (χ1n) is 44.6. The topological polar surface area (TPSA) is 95.5 Å². The lowest BCUT2D eigenvalue weighted by atomic mass is 9.85. The fraction of sp³-hybridized carbons (Fsp3) is 0.0357. The summed E-state index contributed by atoms with van der Waals surface area (Å²) in [5.41, 5.74) is 34.4. The third-order valence-corrected chi connectivity index (χ3v) is 32.6. The standard InChI is InChI=1S/C38H21N5O.C37H18N4O2.C37H18N4OS/c1-39-18-23-22-15-17-31-35-33(22)37-41(29(23)19-39)26-11-5-7-13-28(26)43(37)38(35)34-30(44-31)16-14-21-20-8-2-3-9-24(20)40-25-10-4-6-12-27(25)42(38)36(40)32(21)34;1-2-8-23-19(7-1)20-13-15-29-33-31(20)35-38(23)24-9-3-5-11-26(24)40(35)37(33)34-30(43-29)16-14-21-22-17-42-18-28(22)39-25-10-4-6-12-27(25)41(37)36(39)32(21)34;1-2-8-23-19(7-1)20-13-15-29-33-31(20)35-38(23)24-9-3-5-11-26(24)40(35)37(33)34-30(42-29)16-14-21-22-17-43-18-28(22)39-25-10-4-6-12-27(25)41(37)36(39)32(21)34/h2-19H,1H3;2*1-18H/q3*+2. The van der Waals surface area contributed by atoms with Crippen molar-refractivity contribution in [2.45, 2.75) is 17.0 Å². The van der Waals surface area contributed by atoms with Crippen LogP contribution in [0.5, 0.6) is 34.5 Å². The Morgan fingerprint density at radius 2 is 0.477 bits per heavy atom. The molecular weight excluding hydrogens is 1620 g/mol. The number of thiophene rings is 1. The highest BCUT2D eigenvalue weighted by Gasteiger charge is 2.71. The van der Waals surface area contributed by atoms with Gasteiger partial charge >= 0.3 is 50.9 Å². The van der Waals surface area contributed by atoms with E-state index in [1.807, 2.05) is 12.5 Å². The molecule has 30 aromatic rings. The monoisotopic (exact) mass is 1680 g/mol. The van der Waals surface area contributed by atoms with Gasteiger partial charge in [-0.15, -0.1) is 11.3 Å². The maximum atomic E-state index is 6.95. The summed E-state index contributed by atoms with van der Waals surface area (Å²) in [6.45, 7) is 0. The van der Waals surface area contributed by atoms with Crippen molar-refractivity contribution in [2.24, 2.45) is 7.05 Å². The summed E-state index contributed by atoms with van der Waals surface area (Å²) in [6, 6.07) is 107. The number of hydrogen-bond acceptors (Lipinski definition) is 5. The number of pyridine rings is 6. The van der Waals surface area contributed by atoms with E-state index >= 15 is 0 Å². The molecule has 9 aliphatic heterocycles. The van der Waals surface area contributed by atoms with Gasteiger partial charge in [0.05, 0.1) is 43.9 Å². The van der Waals surface area contributed by atoms with E-state index in [9.17, 15) is 0 Å². The normalized spacial score (nSPS) is 17.5. The first-order chi connectivity index (χ1) is 64.5. The molecule has 3 atom stereocenters. The van der Waals surface area contributed by atoms with Crippen molar-refractivity contribution in [2.75, 3.05) is 0 Å². The summed E-state index contributed by atoms with van der Waals surface area (Å²) in [6.07, 6.45) is 8.32. The van der Waals surface area contributed by atoms with Gasteiger partial charge < -0.3 is 23.2 Å². The number of fused-ring (bicyclic) bond motifs is 36. The molecule has 0 radical (unpaired) electrons.